The van der Waals surface area contributed by atoms with Crippen LogP contribution in [0, 0.1) is 70.6 Å². The molecule has 0 N–H and O–H groups in total. The zero-order chi connectivity index (χ0) is 38.6. The Labute approximate surface area is 316 Å². The number of hydrogen-bond donors (Lipinski definition) is 0. The number of aryl methyl sites for hydroxylation is 6. The summed E-state index contributed by atoms with van der Waals surface area (Å²) in [5, 5.41) is 3.47. The fraction of sp³-hybridized carbons (Fsp3) is 0.125. The number of benzene rings is 6. The molecule has 9 aromatic rings. The average molecular weight is 732 g/mol. The van der Waals surface area contributed by atoms with Crippen LogP contribution < -0.4 is 16.4 Å². The Morgan fingerprint density at radius 1 is 0.436 bits per heavy atom. The minimum absolute atomic E-state index is 0.0593. The normalized spacial score (nSPS) is 11.9. The van der Waals surface area contributed by atoms with Crippen molar-refractivity contribution in [2.75, 3.05) is 0 Å². The van der Waals surface area contributed by atoms with E-state index in [0.717, 1.165) is 32.5 Å². The monoisotopic (exact) mass is 731 g/mol. The van der Waals surface area contributed by atoms with Gasteiger partial charge in [0, 0.05) is 21.9 Å². The summed E-state index contributed by atoms with van der Waals surface area (Å²) < 4.78 is 78.8. The largest absolute Gasteiger partial charge is 0.307 e. The van der Waals surface area contributed by atoms with Crippen molar-refractivity contribution >= 4 is 61.2 Å². The van der Waals surface area contributed by atoms with E-state index < -0.39 is 34.6 Å². The van der Waals surface area contributed by atoms with Crippen LogP contribution in [0.25, 0.3) is 60.3 Å². The summed E-state index contributed by atoms with van der Waals surface area (Å²) in [6, 6.07) is 33.9. The molecule has 0 bridgehead atoms. The predicted molar refractivity (Wildman–Crippen MR) is 218 cm³/mol. The molecule has 55 heavy (non-hydrogen) atoms. The zero-order valence-electron chi connectivity index (χ0n) is 31.2. The van der Waals surface area contributed by atoms with Crippen LogP contribution in [0.3, 0.4) is 0 Å². The van der Waals surface area contributed by atoms with E-state index >= 15 is 17.6 Å². The van der Waals surface area contributed by atoms with Gasteiger partial charge in [-0.25, -0.2) is 22.0 Å². The number of halogens is 5. The first kappa shape index (κ1) is 34.8. The van der Waals surface area contributed by atoms with Crippen LogP contribution in [0.15, 0.2) is 103 Å². The Kier molecular flexibility index (Phi) is 7.94. The molecular formula is C48H35BF5N. The second-order valence-electron chi connectivity index (χ2n) is 15.1. The third-order valence-corrected chi connectivity index (χ3v) is 11.4. The molecule has 9 rings (SSSR count). The maximum absolute atomic E-state index is 16.1. The zero-order valence-corrected chi connectivity index (χ0v) is 31.2. The Balaban J connectivity index is 1.40. The molecule has 7 heteroatoms. The van der Waals surface area contributed by atoms with Gasteiger partial charge in [0.2, 0.25) is 12.5 Å². The first-order chi connectivity index (χ1) is 26.4. The number of hydrogen-bond acceptors (Lipinski definition) is 0. The molecule has 0 aliphatic heterocycles. The summed E-state index contributed by atoms with van der Waals surface area (Å²) >= 11 is 0. The molecule has 0 saturated carbocycles. The Morgan fingerprint density at radius 3 is 1.49 bits per heavy atom. The minimum Gasteiger partial charge on any atom is -0.307 e. The third kappa shape index (κ3) is 5.05. The lowest BCUT2D eigenvalue weighted by molar-refractivity contribution is 0.381. The summed E-state index contributed by atoms with van der Waals surface area (Å²) in [5.74, 6) is -9.90. The molecule has 0 radical (unpaired) electrons. The van der Waals surface area contributed by atoms with Gasteiger partial charge in [0.1, 0.15) is 0 Å². The van der Waals surface area contributed by atoms with Crippen LogP contribution >= 0.6 is 0 Å². The number of aromatic nitrogens is 1. The first-order valence-corrected chi connectivity index (χ1v) is 18.3. The van der Waals surface area contributed by atoms with E-state index in [9.17, 15) is 4.39 Å². The van der Waals surface area contributed by atoms with Gasteiger partial charge in [0.15, 0.2) is 23.3 Å². The second-order valence-corrected chi connectivity index (χ2v) is 15.1. The summed E-state index contributed by atoms with van der Waals surface area (Å²) in [6.45, 7) is 12.6. The van der Waals surface area contributed by atoms with E-state index in [-0.39, 0.29) is 12.3 Å². The number of rotatable bonds is 5. The maximum Gasteiger partial charge on any atom is 0.242 e. The second kappa shape index (κ2) is 12.6. The Morgan fingerprint density at radius 2 is 0.927 bits per heavy atom. The van der Waals surface area contributed by atoms with Crippen molar-refractivity contribution in [2.45, 2.75) is 41.5 Å². The fourth-order valence-electron chi connectivity index (χ4n) is 9.46. The van der Waals surface area contributed by atoms with E-state index in [2.05, 4.69) is 65.8 Å². The SMILES string of the molecule is Cc1cc(C)c(B(c2ccc(-c3c(-c4c(F)c(F)c(F)c(F)c4F)c4ccc5cccc6c7ccccc7c3n4c56)cc2)c2c(C)cc(C)cc2C)c(C)c1. The van der Waals surface area contributed by atoms with Gasteiger partial charge in [0.25, 0.3) is 0 Å². The van der Waals surface area contributed by atoms with E-state index in [1.54, 1.807) is 6.07 Å². The lowest BCUT2D eigenvalue weighted by atomic mass is 9.34. The fourth-order valence-corrected chi connectivity index (χ4v) is 9.46. The van der Waals surface area contributed by atoms with E-state index in [0.29, 0.717) is 22.2 Å². The molecule has 1 nitrogen and oxygen atoms in total. The van der Waals surface area contributed by atoms with Gasteiger partial charge in [-0.2, -0.15) is 0 Å². The Hall–Kier alpha value is -5.95. The lowest BCUT2D eigenvalue weighted by Crippen LogP contribution is -2.55. The highest BCUT2D eigenvalue weighted by Gasteiger charge is 2.33. The highest BCUT2D eigenvalue weighted by molar-refractivity contribution is 6.96. The lowest BCUT2D eigenvalue weighted by Gasteiger charge is -2.25. The third-order valence-electron chi connectivity index (χ3n) is 11.4. The van der Waals surface area contributed by atoms with Gasteiger partial charge in [-0.15, -0.1) is 0 Å². The molecular weight excluding hydrogens is 696 g/mol. The molecule has 3 heterocycles. The van der Waals surface area contributed by atoms with Crippen molar-refractivity contribution < 1.29 is 22.0 Å². The number of pyridine rings is 2. The van der Waals surface area contributed by atoms with Crippen molar-refractivity contribution in [3.8, 4) is 22.3 Å². The molecule has 0 aliphatic carbocycles. The quantitative estimate of drug-likeness (QED) is 0.0415. The Bertz CT molecular complexity index is 2920. The maximum atomic E-state index is 16.1. The van der Waals surface area contributed by atoms with Crippen LogP contribution in [-0.2, 0) is 0 Å². The number of nitrogens with zero attached hydrogens (tertiary/aromatic N) is 1. The average Bonchev–Trinajstić information content (AvgIpc) is 3.50. The van der Waals surface area contributed by atoms with Crippen molar-refractivity contribution in [3.63, 3.8) is 0 Å². The first-order valence-electron chi connectivity index (χ1n) is 18.3. The standard InChI is InChI=1S/C48H35BF5N/c1-24-20-26(3)40(27(4)21-24)49(41-28(5)22-25(2)23-29(41)6)32-17-14-30(15-18-32)37-38(39-42(50)44(52)46(54)45(53)43(39)51)36-19-16-31-10-9-13-34-33-11-7-8-12-35(33)48(37)55(36)47(31)34/h7-23H,1-6H3. The predicted octanol–water partition coefficient (Wildman–Crippen LogP) is 11.2. The highest BCUT2D eigenvalue weighted by atomic mass is 19.2. The van der Waals surface area contributed by atoms with Gasteiger partial charge >= 0.3 is 0 Å². The molecule has 0 aliphatic rings. The molecule has 6 aromatic carbocycles. The van der Waals surface area contributed by atoms with Crippen molar-refractivity contribution in [1.82, 2.24) is 4.40 Å². The van der Waals surface area contributed by atoms with E-state index in [4.69, 9.17) is 0 Å². The van der Waals surface area contributed by atoms with E-state index in [1.165, 1.54) is 44.3 Å². The van der Waals surface area contributed by atoms with Gasteiger partial charge in [0.05, 0.1) is 22.1 Å². The molecule has 0 atom stereocenters. The van der Waals surface area contributed by atoms with Crippen molar-refractivity contribution in [2.24, 2.45) is 0 Å². The molecule has 0 amide bonds. The van der Waals surface area contributed by atoms with Gasteiger partial charge in [-0.05, 0) is 63.9 Å². The van der Waals surface area contributed by atoms with E-state index in [1.807, 2.05) is 77.2 Å². The van der Waals surface area contributed by atoms with Gasteiger partial charge in [-0.1, -0.05) is 147 Å². The van der Waals surface area contributed by atoms with Gasteiger partial charge in [-0.3, -0.25) is 0 Å². The van der Waals surface area contributed by atoms with Crippen LogP contribution in [-0.4, -0.2) is 11.1 Å². The summed E-state index contributed by atoms with van der Waals surface area (Å²) in [6.07, 6.45) is 0. The van der Waals surface area contributed by atoms with Crippen molar-refractivity contribution in [1.29, 1.82) is 0 Å². The molecule has 0 fully saturated rings. The highest BCUT2D eigenvalue weighted by Crippen LogP contribution is 2.49. The molecule has 0 saturated heterocycles. The summed E-state index contributed by atoms with van der Waals surface area (Å²) in [4.78, 5) is 0. The minimum atomic E-state index is -2.19. The summed E-state index contributed by atoms with van der Waals surface area (Å²) in [5.41, 5.74) is 12.1. The summed E-state index contributed by atoms with van der Waals surface area (Å²) in [7, 11) is 0. The smallest absolute Gasteiger partial charge is 0.242 e. The number of fused-ring (bicyclic) bond motifs is 3. The van der Waals surface area contributed by atoms with Crippen molar-refractivity contribution in [3.05, 3.63) is 166 Å². The van der Waals surface area contributed by atoms with Crippen LogP contribution in [0.2, 0.25) is 0 Å². The van der Waals surface area contributed by atoms with Crippen LogP contribution in [0.5, 0.6) is 0 Å². The van der Waals surface area contributed by atoms with Gasteiger partial charge < -0.3 is 4.40 Å². The molecule has 0 spiro atoms. The molecule has 270 valence electrons. The van der Waals surface area contributed by atoms with Crippen LogP contribution in [0.4, 0.5) is 22.0 Å². The molecule has 3 aromatic heterocycles. The number of para-hydroxylation sites is 1. The topological polar surface area (TPSA) is 4.41 Å². The molecule has 0 unspecified atom stereocenters. The van der Waals surface area contributed by atoms with Crippen LogP contribution in [0.1, 0.15) is 33.4 Å².